The van der Waals surface area contributed by atoms with Gasteiger partial charge in [-0.2, -0.15) is 11.8 Å². The maximum absolute atomic E-state index is 13.2. The molecule has 0 unspecified atom stereocenters. The van der Waals surface area contributed by atoms with E-state index in [4.69, 9.17) is 9.15 Å². The number of fused-ring (bicyclic) bond motifs is 1. The molecule has 0 fully saturated rings. The molecule has 1 aliphatic heterocycles. The van der Waals surface area contributed by atoms with Gasteiger partial charge in [-0.15, -0.1) is 10.2 Å². The van der Waals surface area contributed by atoms with Crippen LogP contribution < -0.4 is 9.64 Å². The van der Waals surface area contributed by atoms with Gasteiger partial charge in [0.1, 0.15) is 5.75 Å². The number of nitrogens with zero attached hydrogens (tertiary/aromatic N) is 3. The fraction of sp³-hybridized carbons (Fsp3) is 0.450. The van der Waals surface area contributed by atoms with Crippen LogP contribution in [0.1, 0.15) is 39.1 Å². The Labute approximate surface area is 174 Å². The Bertz CT molecular complexity index is 893. The minimum Gasteiger partial charge on any atom is -0.494 e. The second-order valence-electron chi connectivity index (χ2n) is 7.01. The number of allylic oxidation sites excluding steroid dienone is 1. The summed E-state index contributed by atoms with van der Waals surface area (Å²) in [5.74, 6) is 2.27. The Morgan fingerprint density at radius 3 is 2.82 bits per heavy atom. The molecule has 2 heterocycles. The molecule has 8 heteroatoms. The van der Waals surface area contributed by atoms with E-state index in [-0.39, 0.29) is 11.7 Å². The highest BCUT2D eigenvalue weighted by atomic mass is 32.2. The first-order chi connectivity index (χ1) is 13.4. The number of hydrogen-bond donors (Lipinski definition) is 0. The van der Waals surface area contributed by atoms with E-state index < -0.39 is 5.54 Å². The lowest BCUT2D eigenvalue weighted by Gasteiger charge is -2.41. The zero-order valence-corrected chi connectivity index (χ0v) is 18.4. The van der Waals surface area contributed by atoms with E-state index in [0.29, 0.717) is 23.5 Å². The average molecular weight is 420 g/mol. The summed E-state index contributed by atoms with van der Waals surface area (Å²) in [6.07, 6.45) is 4.10. The van der Waals surface area contributed by atoms with Crippen LogP contribution in [0.4, 0.5) is 5.69 Å². The lowest BCUT2D eigenvalue weighted by atomic mass is 9.88. The van der Waals surface area contributed by atoms with E-state index >= 15 is 0 Å². The molecule has 0 bridgehead atoms. The van der Waals surface area contributed by atoms with E-state index in [1.807, 2.05) is 50.1 Å². The smallest absolute Gasteiger partial charge is 0.277 e. The Kier molecular flexibility index (Phi) is 6.40. The van der Waals surface area contributed by atoms with Gasteiger partial charge in [-0.25, -0.2) is 0 Å². The first kappa shape index (κ1) is 20.8. The van der Waals surface area contributed by atoms with Crippen molar-refractivity contribution in [3.63, 3.8) is 0 Å². The van der Waals surface area contributed by atoms with Crippen LogP contribution in [0.2, 0.25) is 0 Å². The molecular weight excluding hydrogens is 394 g/mol. The lowest BCUT2D eigenvalue weighted by molar-refractivity contribution is -0.116. The Hall–Kier alpha value is -1.93. The third-order valence-electron chi connectivity index (χ3n) is 4.38. The molecular formula is C20H25N3O3S2. The number of amides is 1. The summed E-state index contributed by atoms with van der Waals surface area (Å²) in [6, 6.07) is 5.88. The molecule has 1 aromatic heterocycles. The monoisotopic (exact) mass is 419 g/mol. The van der Waals surface area contributed by atoms with Crippen LogP contribution in [0, 0.1) is 0 Å². The van der Waals surface area contributed by atoms with Gasteiger partial charge in [-0.05, 0) is 57.7 Å². The fourth-order valence-corrected chi connectivity index (χ4v) is 4.38. The van der Waals surface area contributed by atoms with Gasteiger partial charge in [0.25, 0.3) is 5.22 Å². The van der Waals surface area contributed by atoms with Crippen LogP contribution in [-0.2, 0) is 10.5 Å². The predicted molar refractivity (Wildman–Crippen MR) is 115 cm³/mol. The van der Waals surface area contributed by atoms with Crippen molar-refractivity contribution >= 4 is 40.7 Å². The van der Waals surface area contributed by atoms with Crippen molar-refractivity contribution in [2.45, 2.75) is 44.2 Å². The summed E-state index contributed by atoms with van der Waals surface area (Å²) in [4.78, 5) is 15.0. The maximum Gasteiger partial charge on any atom is 0.277 e. The van der Waals surface area contributed by atoms with E-state index in [2.05, 4.69) is 23.2 Å². The van der Waals surface area contributed by atoms with Gasteiger partial charge in [-0.3, -0.25) is 4.79 Å². The standard InChI is InChI=1S/C20H25N3O3S2/c1-6-25-14-7-8-16-15(9-14)13(2)10-20(3,4)23(16)18(24)12-28-19-22-21-17(26-19)11-27-5/h7-10H,6,11-12H2,1-5H3. The lowest BCUT2D eigenvalue weighted by Crippen LogP contribution is -2.49. The number of ether oxygens (including phenoxy) is 1. The molecule has 6 nitrogen and oxygen atoms in total. The highest BCUT2D eigenvalue weighted by Crippen LogP contribution is 2.41. The Morgan fingerprint density at radius 2 is 2.11 bits per heavy atom. The molecule has 0 aliphatic carbocycles. The average Bonchev–Trinajstić information content (AvgIpc) is 3.08. The molecule has 2 aromatic rings. The molecule has 0 saturated heterocycles. The molecule has 150 valence electrons. The number of aromatic nitrogens is 2. The van der Waals surface area contributed by atoms with Crippen LogP contribution >= 0.6 is 23.5 Å². The van der Waals surface area contributed by atoms with Gasteiger partial charge >= 0.3 is 0 Å². The summed E-state index contributed by atoms with van der Waals surface area (Å²) < 4.78 is 11.2. The number of hydrogen-bond acceptors (Lipinski definition) is 7. The van der Waals surface area contributed by atoms with Gasteiger partial charge < -0.3 is 14.1 Å². The van der Waals surface area contributed by atoms with Gasteiger partial charge in [0.05, 0.1) is 29.3 Å². The summed E-state index contributed by atoms with van der Waals surface area (Å²) in [5.41, 5.74) is 2.62. The number of carbonyl (C=O) groups is 1. The van der Waals surface area contributed by atoms with Crippen molar-refractivity contribution in [3.05, 3.63) is 35.7 Å². The number of carbonyl (C=O) groups excluding carboxylic acids is 1. The molecule has 1 amide bonds. The van der Waals surface area contributed by atoms with E-state index in [0.717, 1.165) is 22.6 Å². The summed E-state index contributed by atoms with van der Waals surface area (Å²) >= 11 is 2.88. The van der Waals surface area contributed by atoms with Crippen LogP contribution in [0.15, 0.2) is 33.9 Å². The zero-order valence-electron chi connectivity index (χ0n) is 16.8. The highest BCUT2D eigenvalue weighted by molar-refractivity contribution is 7.99. The molecule has 3 rings (SSSR count). The van der Waals surface area contributed by atoms with Gasteiger partial charge in [0.2, 0.25) is 11.8 Å². The normalized spacial score (nSPS) is 15.2. The zero-order chi connectivity index (χ0) is 20.3. The largest absolute Gasteiger partial charge is 0.494 e. The summed E-state index contributed by atoms with van der Waals surface area (Å²) in [7, 11) is 0. The van der Waals surface area contributed by atoms with Gasteiger partial charge in [-0.1, -0.05) is 17.8 Å². The third-order valence-corrected chi connectivity index (χ3v) is 5.71. The third kappa shape index (κ3) is 4.38. The number of anilines is 1. The van der Waals surface area contributed by atoms with E-state index in [9.17, 15) is 4.79 Å². The Balaban J connectivity index is 1.82. The van der Waals surface area contributed by atoms with Gasteiger partial charge in [0.15, 0.2) is 0 Å². The molecule has 0 atom stereocenters. The van der Waals surface area contributed by atoms with E-state index in [1.54, 1.807) is 11.8 Å². The maximum atomic E-state index is 13.2. The molecule has 0 saturated carbocycles. The topological polar surface area (TPSA) is 68.5 Å². The fourth-order valence-electron chi connectivity index (χ4n) is 3.39. The first-order valence-electron chi connectivity index (χ1n) is 9.09. The van der Waals surface area contributed by atoms with Gasteiger partial charge in [0, 0.05) is 5.56 Å². The quantitative estimate of drug-likeness (QED) is 0.605. The van der Waals surface area contributed by atoms with Crippen molar-refractivity contribution < 1.29 is 13.9 Å². The number of benzene rings is 1. The van der Waals surface area contributed by atoms with Crippen molar-refractivity contribution in [3.8, 4) is 5.75 Å². The first-order valence-corrected chi connectivity index (χ1v) is 11.5. The highest BCUT2D eigenvalue weighted by Gasteiger charge is 2.36. The van der Waals surface area contributed by atoms with Crippen LogP contribution in [0.3, 0.4) is 0 Å². The Morgan fingerprint density at radius 1 is 1.32 bits per heavy atom. The minimum absolute atomic E-state index is 0.00576. The SMILES string of the molecule is CCOc1ccc2c(c1)C(C)=CC(C)(C)N2C(=O)CSc1nnc(CSC)o1. The second-order valence-corrected chi connectivity index (χ2v) is 8.80. The van der Waals surface area contributed by atoms with Crippen LogP contribution in [0.5, 0.6) is 5.75 Å². The van der Waals surface area contributed by atoms with Crippen molar-refractivity contribution in [2.24, 2.45) is 0 Å². The second kappa shape index (κ2) is 8.61. The molecule has 0 N–H and O–H groups in total. The molecule has 1 aliphatic rings. The minimum atomic E-state index is -0.430. The van der Waals surface area contributed by atoms with Crippen molar-refractivity contribution in [1.82, 2.24) is 10.2 Å². The number of thioether (sulfide) groups is 2. The molecule has 28 heavy (non-hydrogen) atoms. The van der Waals surface area contributed by atoms with Crippen LogP contribution in [0.25, 0.3) is 5.57 Å². The summed E-state index contributed by atoms with van der Waals surface area (Å²) in [5, 5.41) is 8.42. The molecule has 0 radical (unpaired) electrons. The van der Waals surface area contributed by atoms with Crippen molar-refractivity contribution in [2.75, 3.05) is 23.5 Å². The summed E-state index contributed by atoms with van der Waals surface area (Å²) in [6.45, 7) is 8.72. The predicted octanol–water partition coefficient (Wildman–Crippen LogP) is 4.65. The number of rotatable bonds is 7. The van der Waals surface area contributed by atoms with Crippen molar-refractivity contribution in [1.29, 1.82) is 0 Å². The molecule has 1 aromatic carbocycles. The van der Waals surface area contributed by atoms with Crippen LogP contribution in [-0.4, -0.2) is 40.3 Å². The van der Waals surface area contributed by atoms with E-state index in [1.165, 1.54) is 11.8 Å². The molecule has 0 spiro atoms.